The Morgan fingerprint density at radius 1 is 1.33 bits per heavy atom. The summed E-state index contributed by atoms with van der Waals surface area (Å²) in [5.41, 5.74) is 7.10. The predicted octanol–water partition coefficient (Wildman–Crippen LogP) is 3.75. The molecular weight excluding hydrogens is 339 g/mol. The minimum absolute atomic E-state index is 0.365. The van der Waals surface area contributed by atoms with E-state index in [-0.39, 0.29) is 0 Å². The van der Waals surface area contributed by atoms with Crippen LogP contribution in [0.2, 0.25) is 10.0 Å². The fraction of sp³-hybridized carbons (Fsp3) is 0.182. The zero-order chi connectivity index (χ0) is 13.3. The number of hydrogen-bond donors (Lipinski definition) is 1. The van der Waals surface area contributed by atoms with E-state index in [4.69, 9.17) is 28.9 Å². The van der Waals surface area contributed by atoms with Gasteiger partial charge in [-0.1, -0.05) is 30.1 Å². The number of hydrogen-bond acceptors (Lipinski definition) is 4. The molecule has 2 heterocycles. The Morgan fingerprint density at radius 2 is 2.06 bits per heavy atom. The first-order valence-electron chi connectivity index (χ1n) is 5.16. The highest BCUT2D eigenvalue weighted by atomic mass is 79.9. The van der Waals surface area contributed by atoms with Crippen LogP contribution < -0.4 is 5.73 Å². The third-order valence-electron chi connectivity index (χ3n) is 2.30. The van der Waals surface area contributed by atoms with Crippen molar-refractivity contribution in [1.29, 1.82) is 0 Å². The summed E-state index contributed by atoms with van der Waals surface area (Å²) in [6.07, 6.45) is 2.22. The van der Waals surface area contributed by atoms with Crippen molar-refractivity contribution in [3.05, 3.63) is 32.5 Å². The molecule has 0 bridgehead atoms. The van der Waals surface area contributed by atoms with Crippen LogP contribution >= 0.6 is 39.1 Å². The number of rotatable bonds is 2. The van der Waals surface area contributed by atoms with Crippen molar-refractivity contribution in [1.82, 2.24) is 15.0 Å². The van der Waals surface area contributed by atoms with E-state index in [0.29, 0.717) is 31.9 Å². The summed E-state index contributed by atoms with van der Waals surface area (Å²) >= 11 is 15.2. The van der Waals surface area contributed by atoms with Crippen LogP contribution in [0.3, 0.4) is 0 Å². The van der Waals surface area contributed by atoms with Gasteiger partial charge in [0.05, 0.1) is 20.2 Å². The first-order valence-corrected chi connectivity index (χ1v) is 6.71. The summed E-state index contributed by atoms with van der Waals surface area (Å²) in [7, 11) is 0. The largest absolute Gasteiger partial charge is 0.383 e. The maximum atomic E-state index is 6.07. The number of anilines is 1. The molecule has 0 saturated carbocycles. The molecule has 0 aliphatic carbocycles. The summed E-state index contributed by atoms with van der Waals surface area (Å²) < 4.78 is 0.707. The minimum atomic E-state index is 0.365. The second-order valence-electron chi connectivity index (χ2n) is 3.53. The molecular formula is C11H9BrCl2N4. The smallest absolute Gasteiger partial charge is 0.182 e. The second-order valence-corrected chi connectivity index (χ2v) is 5.17. The van der Waals surface area contributed by atoms with Gasteiger partial charge in [-0.15, -0.1) is 0 Å². The Morgan fingerprint density at radius 3 is 2.67 bits per heavy atom. The van der Waals surface area contributed by atoms with Crippen molar-refractivity contribution < 1.29 is 0 Å². The van der Waals surface area contributed by atoms with Gasteiger partial charge in [-0.05, 0) is 28.4 Å². The fourth-order valence-corrected chi connectivity index (χ4v) is 2.35. The van der Waals surface area contributed by atoms with Gasteiger partial charge in [-0.2, -0.15) is 0 Å². The lowest BCUT2D eigenvalue weighted by molar-refractivity contribution is 0.989. The third kappa shape index (κ3) is 2.58. The Bertz CT molecular complexity index is 604. The number of pyridine rings is 1. The number of aryl methyl sites for hydroxylation is 1. The van der Waals surface area contributed by atoms with E-state index in [2.05, 4.69) is 30.9 Å². The van der Waals surface area contributed by atoms with E-state index in [1.165, 1.54) is 6.20 Å². The predicted molar refractivity (Wildman–Crippen MR) is 76.8 cm³/mol. The Kier molecular flexibility index (Phi) is 4.04. The molecule has 7 heteroatoms. The molecule has 0 amide bonds. The number of halogens is 3. The second kappa shape index (κ2) is 5.38. The number of aromatic nitrogens is 3. The van der Waals surface area contributed by atoms with Crippen molar-refractivity contribution in [2.24, 2.45) is 0 Å². The standard InChI is InChI=1S/C11H9BrCl2N4/c1-2-7-8(12)10(15)18-11(17-7)9-6(14)3-5(13)4-16-9/h3-4H,2H2,1H3,(H2,15,17,18). The summed E-state index contributed by atoms with van der Waals surface area (Å²) in [4.78, 5) is 12.7. The van der Waals surface area contributed by atoms with Crippen LogP contribution in [0.1, 0.15) is 12.6 Å². The van der Waals surface area contributed by atoms with Crippen molar-refractivity contribution in [2.45, 2.75) is 13.3 Å². The Hall–Kier alpha value is -0.910. The maximum Gasteiger partial charge on any atom is 0.182 e. The van der Waals surface area contributed by atoms with Gasteiger partial charge >= 0.3 is 0 Å². The fourth-order valence-electron chi connectivity index (χ4n) is 1.43. The summed E-state index contributed by atoms with van der Waals surface area (Å²) in [5.74, 6) is 0.763. The summed E-state index contributed by atoms with van der Waals surface area (Å²) in [5, 5.41) is 0.857. The van der Waals surface area contributed by atoms with Crippen LogP contribution in [0, 0.1) is 0 Å². The molecule has 0 fully saturated rings. The molecule has 2 N–H and O–H groups in total. The van der Waals surface area contributed by atoms with Crippen molar-refractivity contribution >= 4 is 44.9 Å². The average Bonchev–Trinajstić information content (AvgIpc) is 2.32. The highest BCUT2D eigenvalue weighted by molar-refractivity contribution is 9.10. The lowest BCUT2D eigenvalue weighted by atomic mass is 10.3. The number of nitrogens with two attached hydrogens (primary N) is 1. The van der Waals surface area contributed by atoms with Gasteiger partial charge in [-0.25, -0.2) is 15.0 Å². The van der Waals surface area contributed by atoms with E-state index >= 15 is 0 Å². The van der Waals surface area contributed by atoms with Crippen LogP contribution in [0.5, 0.6) is 0 Å². The van der Waals surface area contributed by atoms with Crippen LogP contribution in [0.25, 0.3) is 11.5 Å². The lowest BCUT2D eigenvalue weighted by Crippen LogP contribution is -2.03. The van der Waals surface area contributed by atoms with E-state index < -0.39 is 0 Å². The quantitative estimate of drug-likeness (QED) is 0.898. The molecule has 0 atom stereocenters. The van der Waals surface area contributed by atoms with Crippen LogP contribution in [0.4, 0.5) is 5.82 Å². The normalized spacial score (nSPS) is 10.7. The molecule has 2 rings (SSSR count). The average molecular weight is 348 g/mol. The zero-order valence-corrected chi connectivity index (χ0v) is 12.5. The number of nitrogens with zero attached hydrogens (tertiary/aromatic N) is 3. The van der Waals surface area contributed by atoms with Crippen LogP contribution in [-0.2, 0) is 6.42 Å². The SMILES string of the molecule is CCc1nc(-c2ncc(Cl)cc2Cl)nc(N)c1Br. The Labute approximate surface area is 123 Å². The molecule has 4 nitrogen and oxygen atoms in total. The van der Waals surface area contributed by atoms with Crippen molar-refractivity contribution in [2.75, 3.05) is 5.73 Å². The molecule has 18 heavy (non-hydrogen) atoms. The Balaban J connectivity index is 2.60. The van der Waals surface area contributed by atoms with Gasteiger partial charge in [0.25, 0.3) is 0 Å². The molecule has 0 aliphatic heterocycles. The summed E-state index contributed by atoms with van der Waals surface area (Å²) in [6.45, 7) is 1.98. The van der Waals surface area contributed by atoms with Gasteiger partial charge in [0, 0.05) is 6.20 Å². The van der Waals surface area contributed by atoms with E-state index in [1.807, 2.05) is 6.92 Å². The maximum absolute atomic E-state index is 6.07. The first-order chi connectivity index (χ1) is 8.52. The zero-order valence-electron chi connectivity index (χ0n) is 9.41. The van der Waals surface area contributed by atoms with E-state index in [9.17, 15) is 0 Å². The van der Waals surface area contributed by atoms with E-state index in [0.717, 1.165) is 12.1 Å². The first kappa shape index (κ1) is 13.5. The molecule has 0 unspecified atom stereocenters. The minimum Gasteiger partial charge on any atom is -0.383 e. The van der Waals surface area contributed by atoms with Gasteiger partial charge in [0.15, 0.2) is 5.82 Å². The van der Waals surface area contributed by atoms with Gasteiger partial charge in [-0.3, -0.25) is 0 Å². The monoisotopic (exact) mass is 346 g/mol. The van der Waals surface area contributed by atoms with Crippen molar-refractivity contribution in [3.63, 3.8) is 0 Å². The van der Waals surface area contributed by atoms with Gasteiger partial charge in [0.1, 0.15) is 11.5 Å². The van der Waals surface area contributed by atoms with Gasteiger partial charge in [0.2, 0.25) is 0 Å². The van der Waals surface area contributed by atoms with Crippen LogP contribution in [0.15, 0.2) is 16.7 Å². The van der Waals surface area contributed by atoms with Crippen LogP contribution in [-0.4, -0.2) is 15.0 Å². The third-order valence-corrected chi connectivity index (χ3v) is 3.66. The molecule has 0 radical (unpaired) electrons. The number of nitrogen functional groups attached to an aromatic ring is 1. The highest BCUT2D eigenvalue weighted by Crippen LogP contribution is 2.29. The molecule has 2 aromatic heterocycles. The molecule has 94 valence electrons. The summed E-state index contributed by atoms with van der Waals surface area (Å²) in [6, 6.07) is 1.60. The molecule has 0 aliphatic rings. The van der Waals surface area contributed by atoms with Gasteiger partial charge < -0.3 is 5.73 Å². The van der Waals surface area contributed by atoms with E-state index in [1.54, 1.807) is 6.07 Å². The molecule has 0 saturated heterocycles. The van der Waals surface area contributed by atoms with Crippen molar-refractivity contribution in [3.8, 4) is 11.5 Å². The molecule has 0 aromatic carbocycles. The topological polar surface area (TPSA) is 64.7 Å². The lowest BCUT2D eigenvalue weighted by Gasteiger charge is -2.08. The molecule has 0 spiro atoms. The highest BCUT2D eigenvalue weighted by Gasteiger charge is 2.14. The molecule has 2 aromatic rings.